The van der Waals surface area contributed by atoms with Gasteiger partial charge >= 0.3 is 5.97 Å². The van der Waals surface area contributed by atoms with Crippen molar-refractivity contribution < 1.29 is 14.3 Å². The van der Waals surface area contributed by atoms with Gasteiger partial charge in [0.2, 0.25) is 0 Å². The summed E-state index contributed by atoms with van der Waals surface area (Å²) in [6, 6.07) is 5.14. The average Bonchev–Trinajstić information content (AvgIpc) is 2.69. The third kappa shape index (κ3) is 2.63. The van der Waals surface area contributed by atoms with E-state index in [9.17, 15) is 9.59 Å². The summed E-state index contributed by atoms with van der Waals surface area (Å²) < 4.78 is 7.30. The Hall–Kier alpha value is -1.82. The molecule has 2 rings (SSSR count). The van der Waals surface area contributed by atoms with Crippen molar-refractivity contribution in [3.05, 3.63) is 55.8 Å². The predicted octanol–water partition coefficient (Wildman–Crippen LogP) is 2.57. The molecule has 0 aliphatic rings. The number of aromatic nitrogens is 1. The highest BCUT2D eigenvalue weighted by molar-refractivity contribution is 9.10. The van der Waals surface area contributed by atoms with Crippen LogP contribution in [0.5, 0.6) is 0 Å². The SMILES string of the molecule is Cc1cc(C)n(Cc2ccc(Br)o2)c(=O)c1C(=O)O. The number of hydrogen-bond acceptors (Lipinski definition) is 3. The lowest BCUT2D eigenvalue weighted by atomic mass is 10.1. The zero-order valence-corrected chi connectivity index (χ0v) is 12.0. The van der Waals surface area contributed by atoms with Crippen molar-refractivity contribution in [1.82, 2.24) is 4.57 Å². The topological polar surface area (TPSA) is 72.4 Å². The molecule has 2 aromatic heterocycles. The number of carboxylic acids is 1. The van der Waals surface area contributed by atoms with Crippen molar-refractivity contribution in [2.24, 2.45) is 0 Å². The van der Waals surface area contributed by atoms with Gasteiger partial charge in [0.05, 0.1) is 6.54 Å². The van der Waals surface area contributed by atoms with Crippen LogP contribution in [0.3, 0.4) is 0 Å². The lowest BCUT2D eigenvalue weighted by molar-refractivity contribution is 0.0693. The fraction of sp³-hybridized carbons (Fsp3) is 0.231. The molecule has 0 aromatic carbocycles. The third-order valence-corrected chi connectivity index (χ3v) is 3.29. The van der Waals surface area contributed by atoms with Crippen LogP contribution in [0.25, 0.3) is 0 Å². The number of halogens is 1. The highest BCUT2D eigenvalue weighted by Crippen LogP contribution is 2.16. The van der Waals surface area contributed by atoms with E-state index in [0.717, 1.165) is 0 Å². The maximum Gasteiger partial charge on any atom is 0.341 e. The Balaban J connectivity index is 2.54. The van der Waals surface area contributed by atoms with Crippen LogP contribution in [0.1, 0.15) is 27.4 Å². The van der Waals surface area contributed by atoms with Crippen molar-refractivity contribution in [3.8, 4) is 0 Å². The van der Waals surface area contributed by atoms with Gasteiger partial charge in [0.25, 0.3) is 5.56 Å². The van der Waals surface area contributed by atoms with E-state index >= 15 is 0 Å². The Bertz CT molecular complexity index is 699. The van der Waals surface area contributed by atoms with Gasteiger partial charge in [-0.1, -0.05) is 0 Å². The van der Waals surface area contributed by atoms with Gasteiger partial charge in [0.1, 0.15) is 11.3 Å². The largest absolute Gasteiger partial charge is 0.477 e. The molecule has 0 spiro atoms. The van der Waals surface area contributed by atoms with Crippen LogP contribution < -0.4 is 5.56 Å². The van der Waals surface area contributed by atoms with Gasteiger partial charge in [-0.05, 0) is 53.5 Å². The van der Waals surface area contributed by atoms with Gasteiger partial charge in [-0.25, -0.2) is 4.79 Å². The summed E-state index contributed by atoms with van der Waals surface area (Å²) in [5.41, 5.74) is 0.445. The van der Waals surface area contributed by atoms with E-state index in [4.69, 9.17) is 9.52 Å². The number of carbonyl (C=O) groups is 1. The summed E-state index contributed by atoms with van der Waals surface area (Å²) >= 11 is 3.18. The highest BCUT2D eigenvalue weighted by atomic mass is 79.9. The molecule has 0 fully saturated rings. The summed E-state index contributed by atoms with van der Waals surface area (Å²) in [5, 5.41) is 9.09. The Kier molecular flexibility index (Phi) is 3.61. The van der Waals surface area contributed by atoms with Crippen LogP contribution in [0.15, 0.2) is 32.1 Å². The van der Waals surface area contributed by atoms with E-state index in [0.29, 0.717) is 21.7 Å². The number of furan rings is 1. The first kappa shape index (κ1) is 13.6. The molecule has 0 aliphatic carbocycles. The summed E-state index contributed by atoms with van der Waals surface area (Å²) in [4.78, 5) is 23.3. The van der Waals surface area contributed by atoms with Gasteiger partial charge in [-0.15, -0.1) is 0 Å². The monoisotopic (exact) mass is 325 g/mol. The maximum absolute atomic E-state index is 12.2. The molecule has 6 heteroatoms. The molecule has 0 unspecified atom stereocenters. The second kappa shape index (κ2) is 5.05. The number of nitrogens with zero attached hydrogens (tertiary/aromatic N) is 1. The Morgan fingerprint density at radius 1 is 1.42 bits per heavy atom. The second-order valence-electron chi connectivity index (χ2n) is 4.25. The summed E-state index contributed by atoms with van der Waals surface area (Å²) in [6.45, 7) is 3.58. The van der Waals surface area contributed by atoms with Crippen LogP contribution in [0.2, 0.25) is 0 Å². The van der Waals surface area contributed by atoms with Crippen LogP contribution in [0.4, 0.5) is 0 Å². The zero-order chi connectivity index (χ0) is 14.2. The van der Waals surface area contributed by atoms with Crippen molar-refractivity contribution in [3.63, 3.8) is 0 Å². The van der Waals surface area contributed by atoms with E-state index in [1.807, 2.05) is 0 Å². The van der Waals surface area contributed by atoms with Crippen molar-refractivity contribution in [1.29, 1.82) is 0 Å². The lowest BCUT2D eigenvalue weighted by Crippen LogP contribution is -2.29. The molecule has 0 atom stereocenters. The van der Waals surface area contributed by atoms with Gasteiger partial charge < -0.3 is 14.1 Å². The fourth-order valence-electron chi connectivity index (χ4n) is 1.98. The van der Waals surface area contributed by atoms with Crippen LogP contribution in [0, 0.1) is 13.8 Å². The molecule has 0 aliphatic heterocycles. The molecule has 0 bridgehead atoms. The molecule has 0 amide bonds. The molecular formula is C13H12BrNO4. The number of aryl methyl sites for hydroxylation is 2. The summed E-state index contributed by atoms with van der Waals surface area (Å²) in [6.07, 6.45) is 0. The van der Waals surface area contributed by atoms with E-state index < -0.39 is 11.5 Å². The van der Waals surface area contributed by atoms with E-state index in [1.165, 1.54) is 4.57 Å². The van der Waals surface area contributed by atoms with E-state index in [2.05, 4.69) is 15.9 Å². The first-order chi connectivity index (χ1) is 8.90. The first-order valence-corrected chi connectivity index (χ1v) is 6.38. The molecule has 2 aromatic rings. The normalized spacial score (nSPS) is 10.7. The number of aromatic carboxylic acids is 1. The molecular weight excluding hydrogens is 314 g/mol. The average molecular weight is 326 g/mol. The van der Waals surface area contributed by atoms with Crippen molar-refractivity contribution >= 4 is 21.9 Å². The molecule has 0 saturated carbocycles. The zero-order valence-electron chi connectivity index (χ0n) is 10.4. The molecule has 5 nitrogen and oxygen atoms in total. The smallest absolute Gasteiger partial charge is 0.341 e. The number of carboxylic acid groups (broad SMARTS) is 1. The minimum Gasteiger partial charge on any atom is -0.477 e. The van der Waals surface area contributed by atoms with Gasteiger partial charge in [-0.2, -0.15) is 0 Å². The molecule has 0 saturated heterocycles. The molecule has 2 heterocycles. The van der Waals surface area contributed by atoms with Crippen molar-refractivity contribution in [2.45, 2.75) is 20.4 Å². The highest BCUT2D eigenvalue weighted by Gasteiger charge is 2.17. The number of hydrogen-bond donors (Lipinski definition) is 1. The minimum atomic E-state index is -1.21. The van der Waals surface area contributed by atoms with E-state index in [-0.39, 0.29) is 12.1 Å². The number of pyridine rings is 1. The predicted molar refractivity (Wildman–Crippen MR) is 72.6 cm³/mol. The Morgan fingerprint density at radius 3 is 2.63 bits per heavy atom. The minimum absolute atomic E-state index is 0.198. The first-order valence-electron chi connectivity index (χ1n) is 5.58. The molecule has 0 radical (unpaired) electrons. The van der Waals surface area contributed by atoms with Crippen molar-refractivity contribution in [2.75, 3.05) is 0 Å². The van der Waals surface area contributed by atoms with Gasteiger partial charge in [-0.3, -0.25) is 4.79 Å². The van der Waals surface area contributed by atoms with Crippen LogP contribution in [-0.2, 0) is 6.54 Å². The standard InChI is InChI=1S/C13H12BrNO4/c1-7-5-8(2)15(12(16)11(7)13(17)18)6-9-3-4-10(14)19-9/h3-5H,6H2,1-2H3,(H,17,18). The maximum atomic E-state index is 12.2. The Labute approximate surface area is 117 Å². The molecule has 100 valence electrons. The third-order valence-electron chi connectivity index (χ3n) is 2.86. The lowest BCUT2D eigenvalue weighted by Gasteiger charge is -2.11. The van der Waals surface area contributed by atoms with Crippen LogP contribution in [-0.4, -0.2) is 15.6 Å². The molecule has 19 heavy (non-hydrogen) atoms. The Morgan fingerprint density at radius 2 is 2.11 bits per heavy atom. The molecule has 1 N–H and O–H groups in total. The van der Waals surface area contributed by atoms with Gasteiger partial charge in [0, 0.05) is 5.69 Å². The van der Waals surface area contributed by atoms with Crippen LogP contribution >= 0.6 is 15.9 Å². The summed E-state index contributed by atoms with van der Waals surface area (Å²) in [5.74, 6) is -0.630. The van der Waals surface area contributed by atoms with E-state index in [1.54, 1.807) is 32.0 Å². The second-order valence-corrected chi connectivity index (χ2v) is 5.03. The van der Waals surface area contributed by atoms with Gasteiger partial charge in [0.15, 0.2) is 4.67 Å². The number of rotatable bonds is 3. The fourth-order valence-corrected chi connectivity index (χ4v) is 2.32. The summed E-state index contributed by atoms with van der Waals surface area (Å²) in [7, 11) is 0. The quantitative estimate of drug-likeness (QED) is 0.941.